The molecule has 1 heterocycles. The summed E-state index contributed by atoms with van der Waals surface area (Å²) in [5.41, 5.74) is 2.76. The predicted molar refractivity (Wildman–Crippen MR) is 107 cm³/mol. The van der Waals surface area contributed by atoms with Crippen LogP contribution in [0, 0.1) is 0 Å². The van der Waals surface area contributed by atoms with Crippen LogP contribution in [0.2, 0.25) is 0 Å². The summed E-state index contributed by atoms with van der Waals surface area (Å²) in [6.07, 6.45) is 0. The van der Waals surface area contributed by atoms with Crippen LogP contribution in [0.4, 0.5) is 5.69 Å². The van der Waals surface area contributed by atoms with Crippen molar-refractivity contribution < 1.29 is 9.52 Å². The fourth-order valence-electron chi connectivity index (χ4n) is 3.27. The van der Waals surface area contributed by atoms with E-state index < -0.39 is 0 Å². The molecule has 0 unspecified atom stereocenters. The quantitative estimate of drug-likeness (QED) is 0.388. The highest BCUT2D eigenvalue weighted by Gasteiger charge is 2.21. The molecule has 0 saturated heterocycles. The van der Waals surface area contributed by atoms with Gasteiger partial charge in [-0.3, -0.25) is 4.79 Å². The monoisotopic (exact) mass is 412 g/mol. The molecule has 2 aliphatic rings. The second kappa shape index (κ2) is 6.29. The van der Waals surface area contributed by atoms with Crippen molar-refractivity contribution in [3.63, 3.8) is 0 Å². The van der Waals surface area contributed by atoms with E-state index in [1.54, 1.807) is 12.1 Å². The van der Waals surface area contributed by atoms with Crippen LogP contribution in [0.25, 0.3) is 33.3 Å². The molecule has 0 aromatic heterocycles. The summed E-state index contributed by atoms with van der Waals surface area (Å²) >= 11 is 3.35. The van der Waals surface area contributed by atoms with Crippen molar-refractivity contribution in [1.29, 1.82) is 0 Å². The van der Waals surface area contributed by atoms with E-state index in [2.05, 4.69) is 34.7 Å². The Morgan fingerprint density at radius 2 is 1.88 bits per heavy atom. The number of hydrogen-bond donors (Lipinski definition) is 1. The summed E-state index contributed by atoms with van der Waals surface area (Å²) in [4.78, 5) is 19.6. The first-order valence-corrected chi connectivity index (χ1v) is 9.26. The summed E-state index contributed by atoms with van der Waals surface area (Å²) in [5, 5.41) is 10.8. The molecule has 0 fully saturated rings. The second-order valence-electron chi connectivity index (χ2n) is 6.09. The molecule has 26 heavy (non-hydrogen) atoms. The Labute approximate surface area is 158 Å². The van der Waals surface area contributed by atoms with E-state index in [4.69, 9.17) is 9.40 Å². The Hall–Kier alpha value is -2.60. The minimum atomic E-state index is -0.229. The molecule has 4 rings (SSSR count). The van der Waals surface area contributed by atoms with Gasteiger partial charge in [0.25, 0.3) is 0 Å². The number of aromatic hydroxyl groups is 1. The molecule has 2 aromatic carbocycles. The number of halogens is 1. The first-order chi connectivity index (χ1) is 12.5. The maximum absolute atomic E-state index is 12.6. The average molecular weight is 413 g/mol. The van der Waals surface area contributed by atoms with Crippen molar-refractivity contribution in [3.8, 4) is 17.2 Å². The molecule has 1 aliphatic carbocycles. The Morgan fingerprint density at radius 1 is 1.12 bits per heavy atom. The van der Waals surface area contributed by atoms with E-state index in [0.29, 0.717) is 37.8 Å². The summed E-state index contributed by atoms with van der Waals surface area (Å²) < 4.78 is 6.39. The minimum Gasteiger partial charge on any atom is -0.508 e. The first-order valence-electron chi connectivity index (χ1n) is 8.47. The van der Waals surface area contributed by atoms with Gasteiger partial charge < -0.3 is 14.4 Å². The van der Waals surface area contributed by atoms with Crippen molar-refractivity contribution in [2.45, 2.75) is 13.8 Å². The molecule has 2 aromatic rings. The van der Waals surface area contributed by atoms with Crippen LogP contribution in [0.3, 0.4) is 0 Å². The Kier molecular flexibility index (Phi) is 4.07. The third-order valence-corrected chi connectivity index (χ3v) is 5.35. The van der Waals surface area contributed by atoms with Crippen molar-refractivity contribution in [1.82, 2.24) is 4.98 Å². The molecule has 1 aliphatic heterocycles. The number of benzene rings is 3. The molecule has 0 radical (unpaired) electrons. The molecular weight excluding hydrogens is 396 g/mol. The van der Waals surface area contributed by atoms with E-state index in [9.17, 15) is 9.90 Å². The lowest BCUT2D eigenvalue weighted by Gasteiger charge is -2.21. The molecule has 0 atom stereocenters. The molecule has 0 saturated carbocycles. The highest BCUT2D eigenvalue weighted by molar-refractivity contribution is 9.10. The van der Waals surface area contributed by atoms with Crippen LogP contribution in [0.1, 0.15) is 13.8 Å². The second-order valence-corrected chi connectivity index (χ2v) is 6.88. The summed E-state index contributed by atoms with van der Waals surface area (Å²) in [6, 6.07) is 10.6. The molecule has 6 heteroatoms. The van der Waals surface area contributed by atoms with Gasteiger partial charge in [-0.15, -0.1) is 0 Å². The van der Waals surface area contributed by atoms with Crippen molar-refractivity contribution >= 4 is 43.5 Å². The predicted octanol–water partition coefficient (Wildman–Crippen LogP) is 4.76. The molecular formula is C20H17BrN2O3. The van der Waals surface area contributed by atoms with Crippen molar-refractivity contribution in [3.05, 3.63) is 51.1 Å². The van der Waals surface area contributed by atoms with E-state index in [0.717, 1.165) is 18.8 Å². The highest BCUT2D eigenvalue weighted by Crippen LogP contribution is 2.36. The topological polar surface area (TPSA) is 66.6 Å². The standard InChI is InChI=1S/C20H17BrN2O3/c1-3-23(4-2)11-5-8-15-16(9-11)26-20-17(21)19(25)14-10-12(24)6-7-13(14)18(20)22-15/h5-10,24H,3-4H2,1-2H3. The maximum atomic E-state index is 12.6. The molecule has 132 valence electrons. The van der Waals surface area contributed by atoms with Crippen LogP contribution in [0.5, 0.6) is 5.75 Å². The smallest absolute Gasteiger partial charge is 0.204 e. The first kappa shape index (κ1) is 16.8. The lowest BCUT2D eigenvalue weighted by atomic mass is 10.0. The van der Waals surface area contributed by atoms with Crippen molar-refractivity contribution in [2.75, 3.05) is 18.0 Å². The number of rotatable bonds is 3. The van der Waals surface area contributed by atoms with Gasteiger partial charge in [0.2, 0.25) is 5.43 Å². The Bertz CT molecular complexity index is 1170. The van der Waals surface area contributed by atoms with Crippen LogP contribution in [-0.4, -0.2) is 23.2 Å². The number of aromatic nitrogens is 1. The molecule has 0 bridgehead atoms. The van der Waals surface area contributed by atoms with Crippen LogP contribution < -0.4 is 10.3 Å². The number of nitrogens with zero attached hydrogens (tertiary/aromatic N) is 2. The largest absolute Gasteiger partial charge is 0.508 e. The van der Waals surface area contributed by atoms with E-state index in [1.165, 1.54) is 6.07 Å². The third-order valence-electron chi connectivity index (χ3n) is 4.63. The normalized spacial score (nSPS) is 11.5. The van der Waals surface area contributed by atoms with E-state index in [1.807, 2.05) is 18.2 Å². The number of hydrogen-bond acceptors (Lipinski definition) is 5. The van der Waals surface area contributed by atoms with Gasteiger partial charge in [0.05, 0.1) is 0 Å². The zero-order valence-corrected chi connectivity index (χ0v) is 16.0. The minimum absolute atomic E-state index is 0.0439. The van der Waals surface area contributed by atoms with Gasteiger partial charge in [-0.25, -0.2) is 4.98 Å². The Balaban J connectivity index is 2.07. The number of anilines is 1. The highest BCUT2D eigenvalue weighted by atomic mass is 79.9. The lowest BCUT2D eigenvalue weighted by Crippen LogP contribution is -2.21. The van der Waals surface area contributed by atoms with Crippen molar-refractivity contribution in [2.24, 2.45) is 0 Å². The fourth-order valence-corrected chi connectivity index (χ4v) is 3.75. The number of phenols is 1. The van der Waals surface area contributed by atoms with Crippen LogP contribution in [-0.2, 0) is 0 Å². The summed E-state index contributed by atoms with van der Waals surface area (Å²) in [6.45, 7) is 5.99. The number of fused-ring (bicyclic) bond motifs is 4. The van der Waals surface area contributed by atoms with Gasteiger partial charge in [-0.05, 0) is 60.1 Å². The van der Waals surface area contributed by atoms with Gasteiger partial charge in [0.15, 0.2) is 11.3 Å². The molecule has 0 amide bonds. The van der Waals surface area contributed by atoms with E-state index in [-0.39, 0.29) is 11.2 Å². The van der Waals surface area contributed by atoms with E-state index >= 15 is 0 Å². The van der Waals surface area contributed by atoms with Crippen LogP contribution >= 0.6 is 15.9 Å². The van der Waals surface area contributed by atoms with Gasteiger partial charge in [-0.2, -0.15) is 0 Å². The molecule has 5 nitrogen and oxygen atoms in total. The zero-order valence-electron chi connectivity index (χ0n) is 14.4. The van der Waals surface area contributed by atoms with Crippen LogP contribution in [0.15, 0.2) is 50.1 Å². The zero-order chi connectivity index (χ0) is 18.4. The maximum Gasteiger partial charge on any atom is 0.204 e. The Morgan fingerprint density at radius 3 is 2.62 bits per heavy atom. The molecule has 0 spiro atoms. The van der Waals surface area contributed by atoms with Gasteiger partial charge in [0.1, 0.15) is 21.4 Å². The SMILES string of the molecule is CCN(CC)c1ccc2nc3c4ccc(O)cc4c(=O)c(Br)c-3oc2c1. The summed E-state index contributed by atoms with van der Waals surface area (Å²) in [7, 11) is 0. The lowest BCUT2D eigenvalue weighted by molar-refractivity contribution is 0.476. The summed E-state index contributed by atoms with van der Waals surface area (Å²) in [5.74, 6) is 0.458. The number of phenolic OH excluding ortho intramolecular Hbond substituents is 1. The third kappa shape index (κ3) is 2.52. The van der Waals surface area contributed by atoms with Gasteiger partial charge in [0, 0.05) is 35.6 Å². The molecule has 1 N–H and O–H groups in total. The fraction of sp³-hybridized carbons (Fsp3) is 0.200. The van der Waals surface area contributed by atoms with Gasteiger partial charge >= 0.3 is 0 Å². The average Bonchev–Trinajstić information content (AvgIpc) is 2.66. The van der Waals surface area contributed by atoms with Gasteiger partial charge in [-0.1, -0.05) is 0 Å².